The number of hydrogen-bond donors (Lipinski definition) is 1. The van der Waals surface area contributed by atoms with Crippen LogP contribution in [0.25, 0.3) is 10.9 Å². The number of rotatable bonds is 4. The van der Waals surface area contributed by atoms with Crippen molar-refractivity contribution < 1.29 is 14.3 Å². The summed E-state index contributed by atoms with van der Waals surface area (Å²) < 4.78 is 10.7. The van der Waals surface area contributed by atoms with Crippen LogP contribution in [0.1, 0.15) is 36.8 Å². The van der Waals surface area contributed by atoms with Crippen molar-refractivity contribution in [3.8, 4) is 5.75 Å². The number of nitrogens with one attached hydrogen (secondary N) is 1. The average Bonchev–Trinajstić information content (AvgIpc) is 2.67. The zero-order valence-electron chi connectivity index (χ0n) is 11.7. The number of aromatic amines is 1. The van der Waals surface area contributed by atoms with Crippen molar-refractivity contribution >= 4 is 16.9 Å². The van der Waals surface area contributed by atoms with Crippen LogP contribution in [0.15, 0.2) is 18.2 Å². The molecule has 4 heteroatoms. The van der Waals surface area contributed by atoms with E-state index in [0.29, 0.717) is 12.3 Å². The van der Waals surface area contributed by atoms with E-state index in [9.17, 15) is 4.79 Å². The summed E-state index contributed by atoms with van der Waals surface area (Å²) >= 11 is 0. The first-order chi connectivity index (χ1) is 9.02. The molecule has 2 aromatic rings. The summed E-state index contributed by atoms with van der Waals surface area (Å²) in [6, 6.07) is 5.76. The second-order valence-electron chi connectivity index (χ2n) is 4.72. The highest BCUT2D eigenvalue weighted by molar-refractivity contribution is 5.98. The predicted molar refractivity (Wildman–Crippen MR) is 74.8 cm³/mol. The maximum atomic E-state index is 11.8. The molecular weight excluding hydrogens is 242 g/mol. The molecule has 2 rings (SSSR count). The number of benzene rings is 1. The van der Waals surface area contributed by atoms with Crippen molar-refractivity contribution in [2.45, 2.75) is 33.8 Å². The smallest absolute Gasteiger partial charge is 0.355 e. The summed E-state index contributed by atoms with van der Waals surface area (Å²) in [6.45, 7) is 8.04. The Balaban J connectivity index is 2.43. The van der Waals surface area contributed by atoms with Gasteiger partial charge in [-0.05, 0) is 51.5 Å². The van der Waals surface area contributed by atoms with Crippen LogP contribution in [0.5, 0.6) is 5.75 Å². The molecule has 0 saturated carbocycles. The molecule has 0 atom stereocenters. The van der Waals surface area contributed by atoms with Crippen molar-refractivity contribution in [1.82, 2.24) is 4.98 Å². The van der Waals surface area contributed by atoms with Gasteiger partial charge in [-0.3, -0.25) is 0 Å². The zero-order chi connectivity index (χ0) is 14.0. The van der Waals surface area contributed by atoms with E-state index in [2.05, 4.69) is 4.98 Å². The Morgan fingerprint density at radius 2 is 2.11 bits per heavy atom. The lowest BCUT2D eigenvalue weighted by atomic mass is 10.1. The van der Waals surface area contributed by atoms with Gasteiger partial charge in [-0.1, -0.05) is 0 Å². The molecule has 1 N–H and O–H groups in total. The number of hydrogen-bond acceptors (Lipinski definition) is 3. The molecule has 4 nitrogen and oxygen atoms in total. The van der Waals surface area contributed by atoms with Gasteiger partial charge in [0.25, 0.3) is 0 Å². The Hall–Kier alpha value is -1.97. The SMILES string of the molecule is CCOC(=O)c1[nH]c2ccc(OC(C)C)cc2c1C. The summed E-state index contributed by atoms with van der Waals surface area (Å²) in [7, 11) is 0. The zero-order valence-corrected chi connectivity index (χ0v) is 11.7. The lowest BCUT2D eigenvalue weighted by molar-refractivity contribution is 0.0520. The fourth-order valence-electron chi connectivity index (χ4n) is 2.06. The molecule has 102 valence electrons. The summed E-state index contributed by atoms with van der Waals surface area (Å²) in [6.07, 6.45) is 0.126. The molecule has 0 aliphatic carbocycles. The molecule has 1 heterocycles. The lowest BCUT2D eigenvalue weighted by Crippen LogP contribution is -2.06. The van der Waals surface area contributed by atoms with Gasteiger partial charge in [0.15, 0.2) is 0 Å². The molecule has 0 fully saturated rings. The first-order valence-electron chi connectivity index (χ1n) is 6.49. The molecule has 1 aromatic heterocycles. The third-order valence-electron chi connectivity index (χ3n) is 2.88. The number of carbonyl (C=O) groups is 1. The van der Waals surface area contributed by atoms with Crippen molar-refractivity contribution in [1.29, 1.82) is 0 Å². The third-order valence-corrected chi connectivity index (χ3v) is 2.88. The Bertz CT molecular complexity index is 599. The normalized spacial score (nSPS) is 11.0. The minimum absolute atomic E-state index is 0.126. The van der Waals surface area contributed by atoms with Gasteiger partial charge in [0.2, 0.25) is 0 Å². The average molecular weight is 261 g/mol. The summed E-state index contributed by atoms with van der Waals surface area (Å²) in [4.78, 5) is 14.9. The standard InChI is InChI=1S/C15H19NO3/c1-5-18-15(17)14-10(4)12-8-11(19-9(2)3)6-7-13(12)16-14/h6-9,16H,5H2,1-4H3. The number of ether oxygens (including phenoxy) is 2. The number of carbonyl (C=O) groups excluding carboxylic acids is 1. The number of H-pyrrole nitrogens is 1. The molecular formula is C15H19NO3. The molecule has 19 heavy (non-hydrogen) atoms. The minimum atomic E-state index is -0.317. The molecule has 1 aromatic carbocycles. The predicted octanol–water partition coefficient (Wildman–Crippen LogP) is 3.44. The number of aromatic nitrogens is 1. The second kappa shape index (κ2) is 5.34. The van der Waals surface area contributed by atoms with Gasteiger partial charge in [-0.25, -0.2) is 4.79 Å². The number of fused-ring (bicyclic) bond motifs is 1. The maximum absolute atomic E-state index is 11.8. The van der Waals surface area contributed by atoms with Crippen LogP contribution in [0.2, 0.25) is 0 Å². The van der Waals surface area contributed by atoms with Gasteiger partial charge in [0.1, 0.15) is 11.4 Å². The van der Waals surface area contributed by atoms with Crippen LogP contribution < -0.4 is 4.74 Å². The van der Waals surface area contributed by atoms with E-state index in [4.69, 9.17) is 9.47 Å². The van der Waals surface area contributed by atoms with E-state index in [1.165, 1.54) is 0 Å². The van der Waals surface area contributed by atoms with Crippen LogP contribution in [0, 0.1) is 6.92 Å². The van der Waals surface area contributed by atoms with Crippen molar-refractivity contribution in [2.75, 3.05) is 6.61 Å². The fourth-order valence-corrected chi connectivity index (χ4v) is 2.06. The van der Waals surface area contributed by atoms with Gasteiger partial charge in [-0.15, -0.1) is 0 Å². The topological polar surface area (TPSA) is 51.3 Å². The Kier molecular flexibility index (Phi) is 3.79. The molecule has 0 saturated heterocycles. The number of aryl methyl sites for hydroxylation is 1. The van der Waals surface area contributed by atoms with Crippen molar-refractivity contribution in [3.63, 3.8) is 0 Å². The molecule has 0 aliphatic heterocycles. The van der Waals surface area contributed by atoms with E-state index < -0.39 is 0 Å². The van der Waals surface area contributed by atoms with E-state index in [-0.39, 0.29) is 12.1 Å². The highest BCUT2D eigenvalue weighted by Gasteiger charge is 2.16. The quantitative estimate of drug-likeness (QED) is 0.858. The van der Waals surface area contributed by atoms with E-state index in [0.717, 1.165) is 22.2 Å². The van der Waals surface area contributed by atoms with Gasteiger partial charge in [0, 0.05) is 10.9 Å². The molecule has 0 unspecified atom stereocenters. The van der Waals surface area contributed by atoms with E-state index in [1.807, 2.05) is 39.0 Å². The van der Waals surface area contributed by atoms with Crippen LogP contribution in [0.3, 0.4) is 0 Å². The fraction of sp³-hybridized carbons (Fsp3) is 0.400. The van der Waals surface area contributed by atoms with Crippen LogP contribution in [-0.4, -0.2) is 23.7 Å². The van der Waals surface area contributed by atoms with E-state index >= 15 is 0 Å². The van der Waals surface area contributed by atoms with Gasteiger partial charge >= 0.3 is 5.97 Å². The second-order valence-corrected chi connectivity index (χ2v) is 4.72. The minimum Gasteiger partial charge on any atom is -0.491 e. The molecule has 0 amide bonds. The number of esters is 1. The Labute approximate surface area is 112 Å². The van der Waals surface area contributed by atoms with Crippen molar-refractivity contribution in [2.24, 2.45) is 0 Å². The Morgan fingerprint density at radius 1 is 1.37 bits per heavy atom. The van der Waals surface area contributed by atoms with Gasteiger partial charge in [-0.2, -0.15) is 0 Å². The summed E-state index contributed by atoms with van der Waals surface area (Å²) in [5.74, 6) is 0.488. The third kappa shape index (κ3) is 2.72. The van der Waals surface area contributed by atoms with Gasteiger partial charge < -0.3 is 14.5 Å². The Morgan fingerprint density at radius 3 is 2.74 bits per heavy atom. The molecule has 0 spiro atoms. The highest BCUT2D eigenvalue weighted by Crippen LogP contribution is 2.27. The monoisotopic (exact) mass is 261 g/mol. The highest BCUT2D eigenvalue weighted by atomic mass is 16.5. The largest absolute Gasteiger partial charge is 0.491 e. The van der Waals surface area contributed by atoms with Gasteiger partial charge in [0.05, 0.1) is 12.7 Å². The summed E-state index contributed by atoms with van der Waals surface area (Å²) in [5, 5.41) is 0.987. The molecule has 0 radical (unpaired) electrons. The van der Waals surface area contributed by atoms with Crippen molar-refractivity contribution in [3.05, 3.63) is 29.5 Å². The lowest BCUT2D eigenvalue weighted by Gasteiger charge is -2.09. The molecule has 0 aliphatic rings. The van der Waals surface area contributed by atoms with Crippen LogP contribution in [-0.2, 0) is 4.74 Å². The first-order valence-corrected chi connectivity index (χ1v) is 6.49. The molecule has 0 bridgehead atoms. The summed E-state index contributed by atoms with van der Waals surface area (Å²) in [5.41, 5.74) is 2.32. The maximum Gasteiger partial charge on any atom is 0.355 e. The van der Waals surface area contributed by atoms with Crippen LogP contribution in [0.4, 0.5) is 0 Å². The van der Waals surface area contributed by atoms with E-state index in [1.54, 1.807) is 6.92 Å². The van der Waals surface area contributed by atoms with Crippen LogP contribution >= 0.6 is 0 Å². The first kappa shape index (κ1) is 13.5.